The first kappa shape index (κ1) is 16.9. The average molecular weight is 326 g/mol. The van der Waals surface area contributed by atoms with Crippen molar-refractivity contribution in [1.29, 1.82) is 0 Å². The van der Waals surface area contributed by atoms with Gasteiger partial charge < -0.3 is 4.74 Å². The van der Waals surface area contributed by atoms with Crippen LogP contribution in [0.3, 0.4) is 0 Å². The first-order valence-electron chi connectivity index (χ1n) is 8.59. The van der Waals surface area contributed by atoms with Gasteiger partial charge >= 0.3 is 0 Å². The molecule has 128 valence electrons. The average Bonchev–Trinajstić information content (AvgIpc) is 2.94. The molecule has 0 unspecified atom stereocenters. The lowest BCUT2D eigenvalue weighted by Crippen LogP contribution is -2.31. The second-order valence-electron chi connectivity index (χ2n) is 6.50. The third-order valence-electron chi connectivity index (χ3n) is 4.33. The Bertz CT molecular complexity index is 678. The molecule has 0 atom stereocenters. The summed E-state index contributed by atoms with van der Waals surface area (Å²) in [6.07, 6.45) is 4.65. The van der Waals surface area contributed by atoms with Gasteiger partial charge in [-0.05, 0) is 32.4 Å². The van der Waals surface area contributed by atoms with Crippen molar-refractivity contribution in [1.82, 2.24) is 19.7 Å². The van der Waals surface area contributed by atoms with Gasteiger partial charge in [-0.15, -0.1) is 6.58 Å². The molecule has 3 heterocycles. The quantitative estimate of drug-likeness (QED) is 0.579. The number of fused-ring (bicyclic) bond motifs is 1. The molecule has 0 saturated carbocycles. The smallest absolute Gasteiger partial charge is 0.0917 e. The van der Waals surface area contributed by atoms with Crippen molar-refractivity contribution >= 4 is 0 Å². The maximum atomic E-state index is 5.63. The van der Waals surface area contributed by atoms with Gasteiger partial charge in [0.1, 0.15) is 0 Å². The topological polar surface area (TPSA) is 43.2 Å². The number of hydrogen-bond acceptors (Lipinski definition) is 4. The van der Waals surface area contributed by atoms with Crippen molar-refractivity contribution in [2.24, 2.45) is 0 Å². The molecule has 24 heavy (non-hydrogen) atoms. The predicted molar refractivity (Wildman–Crippen MR) is 94.5 cm³/mol. The van der Waals surface area contributed by atoms with Crippen LogP contribution in [0.1, 0.15) is 42.5 Å². The molecule has 0 saturated heterocycles. The maximum absolute atomic E-state index is 5.63. The van der Waals surface area contributed by atoms with Gasteiger partial charge in [0.05, 0.1) is 30.3 Å². The Morgan fingerprint density at radius 1 is 1.38 bits per heavy atom. The van der Waals surface area contributed by atoms with Gasteiger partial charge in [0, 0.05) is 37.4 Å². The fourth-order valence-electron chi connectivity index (χ4n) is 3.21. The maximum Gasteiger partial charge on any atom is 0.0917 e. The van der Waals surface area contributed by atoms with Gasteiger partial charge in [0.15, 0.2) is 0 Å². The van der Waals surface area contributed by atoms with E-state index in [1.54, 1.807) is 6.08 Å². The van der Waals surface area contributed by atoms with Crippen LogP contribution in [0, 0.1) is 0 Å². The van der Waals surface area contributed by atoms with Crippen LogP contribution in [0.2, 0.25) is 0 Å². The third kappa shape index (κ3) is 3.74. The Morgan fingerprint density at radius 3 is 2.96 bits per heavy atom. The van der Waals surface area contributed by atoms with E-state index in [1.165, 1.54) is 11.3 Å². The van der Waals surface area contributed by atoms with E-state index in [0.717, 1.165) is 37.4 Å². The van der Waals surface area contributed by atoms with Gasteiger partial charge in [-0.2, -0.15) is 5.10 Å². The largest absolute Gasteiger partial charge is 0.371 e. The zero-order valence-electron chi connectivity index (χ0n) is 14.6. The minimum Gasteiger partial charge on any atom is -0.371 e. The van der Waals surface area contributed by atoms with E-state index in [9.17, 15) is 0 Å². The SMILES string of the molecule is C=CCOCc1nn(C(C)C)c2c1CCN(Cc1ccccn1)C2. The van der Waals surface area contributed by atoms with Crippen molar-refractivity contribution in [3.63, 3.8) is 0 Å². The lowest BCUT2D eigenvalue weighted by Gasteiger charge is -2.28. The molecule has 1 aliphatic rings. The predicted octanol–water partition coefficient (Wildman–Crippen LogP) is 3.12. The van der Waals surface area contributed by atoms with E-state index >= 15 is 0 Å². The van der Waals surface area contributed by atoms with Crippen molar-refractivity contribution < 1.29 is 4.74 Å². The summed E-state index contributed by atoms with van der Waals surface area (Å²) < 4.78 is 7.79. The summed E-state index contributed by atoms with van der Waals surface area (Å²) in [5.41, 5.74) is 4.89. The van der Waals surface area contributed by atoms with Crippen LogP contribution in [-0.2, 0) is 30.9 Å². The highest BCUT2D eigenvalue weighted by molar-refractivity contribution is 5.29. The van der Waals surface area contributed by atoms with Crippen LogP contribution in [0.5, 0.6) is 0 Å². The minimum absolute atomic E-state index is 0.349. The monoisotopic (exact) mass is 326 g/mol. The molecule has 1 aliphatic heterocycles. The molecule has 2 aromatic rings. The molecule has 0 radical (unpaired) electrons. The molecule has 5 nitrogen and oxygen atoms in total. The van der Waals surface area contributed by atoms with Crippen LogP contribution >= 0.6 is 0 Å². The first-order valence-corrected chi connectivity index (χ1v) is 8.59. The van der Waals surface area contributed by atoms with E-state index < -0.39 is 0 Å². The van der Waals surface area contributed by atoms with Gasteiger partial charge in [-0.3, -0.25) is 14.6 Å². The van der Waals surface area contributed by atoms with Crippen LogP contribution in [0.15, 0.2) is 37.1 Å². The fourth-order valence-corrected chi connectivity index (χ4v) is 3.21. The molecule has 5 heteroatoms. The molecule has 2 aromatic heterocycles. The number of nitrogens with zero attached hydrogens (tertiary/aromatic N) is 4. The molecule has 0 aromatic carbocycles. The second-order valence-corrected chi connectivity index (χ2v) is 6.50. The summed E-state index contributed by atoms with van der Waals surface area (Å²) in [4.78, 5) is 6.89. The van der Waals surface area contributed by atoms with E-state index in [0.29, 0.717) is 19.3 Å². The summed E-state index contributed by atoms with van der Waals surface area (Å²) in [5, 5.41) is 4.82. The van der Waals surface area contributed by atoms with Gasteiger partial charge in [-0.1, -0.05) is 12.1 Å². The van der Waals surface area contributed by atoms with Gasteiger partial charge in [0.25, 0.3) is 0 Å². The normalized spacial score (nSPS) is 14.8. The summed E-state index contributed by atoms with van der Waals surface area (Å²) in [7, 11) is 0. The molecular weight excluding hydrogens is 300 g/mol. The molecule has 0 fully saturated rings. The lowest BCUT2D eigenvalue weighted by molar-refractivity contribution is 0.144. The van der Waals surface area contributed by atoms with E-state index in [2.05, 4.69) is 41.1 Å². The number of pyridine rings is 1. The van der Waals surface area contributed by atoms with Crippen LogP contribution in [-0.4, -0.2) is 32.8 Å². The summed E-state index contributed by atoms with van der Waals surface area (Å²) in [6, 6.07) is 6.44. The van der Waals surface area contributed by atoms with Crippen molar-refractivity contribution in [2.45, 2.75) is 46.0 Å². The van der Waals surface area contributed by atoms with E-state index in [4.69, 9.17) is 9.84 Å². The van der Waals surface area contributed by atoms with Gasteiger partial charge in [0.2, 0.25) is 0 Å². The Hall–Kier alpha value is -1.98. The molecule has 0 amide bonds. The number of aromatic nitrogens is 3. The number of ether oxygens (including phenoxy) is 1. The highest BCUT2D eigenvalue weighted by Gasteiger charge is 2.25. The van der Waals surface area contributed by atoms with Crippen molar-refractivity contribution in [3.8, 4) is 0 Å². The standard InChI is InChI=1S/C19H26N4O/c1-4-11-24-14-18-17-8-10-22(12-16-7-5-6-9-20-16)13-19(17)23(21-18)15(2)3/h4-7,9,15H,1,8,10-14H2,2-3H3. The minimum atomic E-state index is 0.349. The lowest BCUT2D eigenvalue weighted by atomic mass is 10.0. The second kappa shape index (κ2) is 7.73. The molecule has 0 aliphatic carbocycles. The molecule has 0 N–H and O–H groups in total. The molecular formula is C19H26N4O. The van der Waals surface area contributed by atoms with Gasteiger partial charge in [-0.25, -0.2) is 0 Å². The Labute approximate surface area is 144 Å². The Balaban J connectivity index is 1.77. The summed E-state index contributed by atoms with van der Waals surface area (Å²) >= 11 is 0. The summed E-state index contributed by atoms with van der Waals surface area (Å²) in [5.74, 6) is 0. The fraction of sp³-hybridized carbons (Fsp3) is 0.474. The third-order valence-corrected chi connectivity index (χ3v) is 4.33. The molecule has 3 rings (SSSR count). The highest BCUT2D eigenvalue weighted by atomic mass is 16.5. The Kier molecular flexibility index (Phi) is 5.43. The number of rotatable bonds is 7. The van der Waals surface area contributed by atoms with Crippen molar-refractivity contribution in [3.05, 3.63) is 59.7 Å². The zero-order chi connectivity index (χ0) is 16.9. The summed E-state index contributed by atoms with van der Waals surface area (Å²) in [6.45, 7) is 12.0. The first-order chi connectivity index (χ1) is 11.7. The van der Waals surface area contributed by atoms with Crippen LogP contribution in [0.4, 0.5) is 0 Å². The van der Waals surface area contributed by atoms with Crippen molar-refractivity contribution in [2.75, 3.05) is 13.2 Å². The number of hydrogen-bond donors (Lipinski definition) is 0. The van der Waals surface area contributed by atoms with Crippen LogP contribution in [0.25, 0.3) is 0 Å². The zero-order valence-corrected chi connectivity index (χ0v) is 14.6. The van der Waals surface area contributed by atoms with E-state index in [-0.39, 0.29) is 0 Å². The van der Waals surface area contributed by atoms with Crippen LogP contribution < -0.4 is 0 Å². The highest BCUT2D eigenvalue weighted by Crippen LogP contribution is 2.26. The van der Waals surface area contributed by atoms with E-state index in [1.807, 2.05) is 18.3 Å². The molecule has 0 spiro atoms. The Morgan fingerprint density at radius 2 is 2.25 bits per heavy atom. The molecule has 0 bridgehead atoms.